The van der Waals surface area contributed by atoms with Crippen molar-refractivity contribution in [3.05, 3.63) is 73.7 Å². The van der Waals surface area contributed by atoms with E-state index in [9.17, 15) is 19.2 Å². The molecule has 0 aliphatic rings. The number of nitrogens with zero attached hydrogens (tertiary/aromatic N) is 6. The molecular formula is C22H23N7O4S. The number of nitrogens with two attached hydrogens (primary N) is 1. The first-order valence-electron chi connectivity index (χ1n) is 10.5. The number of Topliss-reactive ketones (excluding diaryl/α,β-unsaturated/α-hetero) is 1. The van der Waals surface area contributed by atoms with Gasteiger partial charge in [0.1, 0.15) is 11.4 Å². The number of ketones is 1. The third-order valence-electron chi connectivity index (χ3n) is 5.43. The van der Waals surface area contributed by atoms with E-state index in [4.69, 9.17) is 5.73 Å². The molecule has 176 valence electrons. The Bertz CT molecular complexity index is 1630. The van der Waals surface area contributed by atoms with Crippen molar-refractivity contribution in [2.24, 2.45) is 7.05 Å². The lowest BCUT2D eigenvalue weighted by molar-refractivity contribution is 0.102. The van der Waals surface area contributed by atoms with E-state index in [0.717, 1.165) is 16.3 Å². The second-order valence-electron chi connectivity index (χ2n) is 7.61. The Labute approximate surface area is 197 Å². The van der Waals surface area contributed by atoms with Crippen molar-refractivity contribution in [3.8, 4) is 0 Å². The molecule has 34 heavy (non-hydrogen) atoms. The quantitative estimate of drug-likeness (QED) is 0.224. The van der Waals surface area contributed by atoms with E-state index >= 15 is 0 Å². The summed E-state index contributed by atoms with van der Waals surface area (Å²) in [6.45, 7) is 6.08. The van der Waals surface area contributed by atoms with Crippen LogP contribution in [-0.4, -0.2) is 39.8 Å². The Balaban J connectivity index is 1.78. The molecule has 12 heteroatoms. The average molecular weight is 482 g/mol. The summed E-state index contributed by atoms with van der Waals surface area (Å²) in [5.74, 6) is -0.532. The average Bonchev–Trinajstić information content (AvgIpc) is 3.26. The summed E-state index contributed by atoms with van der Waals surface area (Å²) in [5, 5.41) is 9.17. The molecule has 0 bridgehead atoms. The molecule has 1 aromatic carbocycles. The first kappa shape index (κ1) is 23.2. The number of hydrogen-bond acceptors (Lipinski definition) is 8. The maximum atomic E-state index is 13.1. The summed E-state index contributed by atoms with van der Waals surface area (Å²) in [6, 6.07) is 7.03. The van der Waals surface area contributed by atoms with Gasteiger partial charge in [0, 0.05) is 20.1 Å². The monoisotopic (exact) mass is 481 g/mol. The topological polar surface area (TPSA) is 139 Å². The molecule has 4 aromatic rings. The Kier molecular flexibility index (Phi) is 6.24. The molecule has 0 radical (unpaired) electrons. The van der Waals surface area contributed by atoms with Gasteiger partial charge in [0.15, 0.2) is 10.9 Å². The highest BCUT2D eigenvalue weighted by Gasteiger charge is 2.23. The lowest BCUT2D eigenvalue weighted by Gasteiger charge is -2.13. The van der Waals surface area contributed by atoms with Crippen LogP contribution in [-0.2, 0) is 20.1 Å². The molecule has 0 aliphatic heterocycles. The highest BCUT2D eigenvalue weighted by Crippen LogP contribution is 2.22. The van der Waals surface area contributed by atoms with Crippen LogP contribution >= 0.6 is 11.8 Å². The predicted molar refractivity (Wildman–Crippen MR) is 131 cm³/mol. The Morgan fingerprint density at radius 1 is 1.15 bits per heavy atom. The fourth-order valence-corrected chi connectivity index (χ4v) is 4.62. The van der Waals surface area contributed by atoms with Crippen LogP contribution in [0.15, 0.2) is 56.5 Å². The van der Waals surface area contributed by atoms with Crippen LogP contribution in [0.5, 0.6) is 0 Å². The summed E-state index contributed by atoms with van der Waals surface area (Å²) < 4.78 is 5.26. The number of allylic oxidation sites excluding steroid dienone is 1. The van der Waals surface area contributed by atoms with Gasteiger partial charge in [-0.1, -0.05) is 36.9 Å². The maximum absolute atomic E-state index is 13.1. The summed E-state index contributed by atoms with van der Waals surface area (Å²) in [5.41, 5.74) is 4.89. The SMILES string of the molecule is C=CCn1c(=O)c2ccccc2n2c(SCC(=O)c3c(N)n(CCC)c(=O)n(C)c3=O)nnc12. The minimum atomic E-state index is -0.739. The van der Waals surface area contributed by atoms with E-state index in [-0.39, 0.29) is 35.8 Å². The number of aromatic nitrogens is 6. The molecule has 0 amide bonds. The number of benzene rings is 1. The number of rotatable bonds is 8. The Morgan fingerprint density at radius 3 is 2.59 bits per heavy atom. The van der Waals surface area contributed by atoms with Crippen LogP contribution in [0.4, 0.5) is 5.82 Å². The van der Waals surface area contributed by atoms with Gasteiger partial charge in [-0.3, -0.25) is 32.5 Å². The molecule has 4 rings (SSSR count). The number of fused-ring (bicyclic) bond motifs is 3. The number of anilines is 1. The first-order chi connectivity index (χ1) is 16.3. The second-order valence-corrected chi connectivity index (χ2v) is 8.55. The molecule has 3 aromatic heterocycles. The van der Waals surface area contributed by atoms with Crippen molar-refractivity contribution >= 4 is 40.0 Å². The molecule has 0 atom stereocenters. The number of carbonyl (C=O) groups is 1. The molecule has 2 N–H and O–H groups in total. The lowest BCUT2D eigenvalue weighted by Crippen LogP contribution is -2.42. The van der Waals surface area contributed by atoms with E-state index in [2.05, 4.69) is 16.8 Å². The molecule has 0 saturated heterocycles. The van der Waals surface area contributed by atoms with Gasteiger partial charge in [-0.2, -0.15) is 0 Å². The second kappa shape index (κ2) is 9.14. The van der Waals surface area contributed by atoms with Crippen molar-refractivity contribution in [1.29, 1.82) is 0 Å². The molecule has 3 heterocycles. The van der Waals surface area contributed by atoms with Crippen LogP contribution in [0.2, 0.25) is 0 Å². The summed E-state index contributed by atoms with van der Waals surface area (Å²) in [4.78, 5) is 51.0. The molecular weight excluding hydrogens is 458 g/mol. The van der Waals surface area contributed by atoms with Crippen LogP contribution < -0.4 is 22.5 Å². The van der Waals surface area contributed by atoms with E-state index in [1.54, 1.807) is 34.7 Å². The largest absolute Gasteiger partial charge is 0.384 e. The zero-order chi connectivity index (χ0) is 24.6. The summed E-state index contributed by atoms with van der Waals surface area (Å²) in [7, 11) is 1.32. The smallest absolute Gasteiger partial charge is 0.332 e. The van der Waals surface area contributed by atoms with Gasteiger partial charge in [0.2, 0.25) is 5.78 Å². The molecule has 0 unspecified atom stereocenters. The number of hydrogen-bond donors (Lipinski definition) is 1. The minimum Gasteiger partial charge on any atom is -0.384 e. The number of para-hydroxylation sites is 1. The van der Waals surface area contributed by atoms with Gasteiger partial charge < -0.3 is 5.73 Å². The molecule has 0 saturated carbocycles. The van der Waals surface area contributed by atoms with Gasteiger partial charge in [-0.15, -0.1) is 16.8 Å². The Morgan fingerprint density at radius 2 is 1.88 bits per heavy atom. The van der Waals surface area contributed by atoms with E-state index in [1.807, 2.05) is 6.92 Å². The Hall–Kier alpha value is -3.93. The normalized spacial score (nSPS) is 11.4. The van der Waals surface area contributed by atoms with Crippen LogP contribution in [0, 0.1) is 0 Å². The molecule has 0 fully saturated rings. The molecule has 11 nitrogen and oxygen atoms in total. The first-order valence-corrected chi connectivity index (χ1v) is 11.5. The maximum Gasteiger partial charge on any atom is 0.332 e. The van der Waals surface area contributed by atoms with E-state index < -0.39 is 17.0 Å². The zero-order valence-corrected chi connectivity index (χ0v) is 19.5. The van der Waals surface area contributed by atoms with E-state index in [0.29, 0.717) is 28.3 Å². The molecule has 0 spiro atoms. The number of carbonyl (C=O) groups excluding carboxylic acids is 1. The van der Waals surface area contributed by atoms with Gasteiger partial charge in [0.05, 0.1) is 16.7 Å². The predicted octanol–water partition coefficient (Wildman–Crippen LogP) is 1.06. The van der Waals surface area contributed by atoms with Crippen LogP contribution in [0.1, 0.15) is 23.7 Å². The minimum absolute atomic E-state index is 0.142. The van der Waals surface area contributed by atoms with Gasteiger partial charge in [-0.25, -0.2) is 4.79 Å². The fraction of sp³-hybridized carbons (Fsp3) is 0.273. The van der Waals surface area contributed by atoms with Crippen molar-refractivity contribution in [1.82, 2.24) is 28.3 Å². The highest BCUT2D eigenvalue weighted by molar-refractivity contribution is 7.99. The lowest BCUT2D eigenvalue weighted by atomic mass is 10.2. The number of thioether (sulfide) groups is 1. The fourth-order valence-electron chi connectivity index (χ4n) is 3.81. The third kappa shape index (κ3) is 3.65. The van der Waals surface area contributed by atoms with Crippen molar-refractivity contribution in [3.63, 3.8) is 0 Å². The van der Waals surface area contributed by atoms with Crippen molar-refractivity contribution < 1.29 is 4.79 Å². The van der Waals surface area contributed by atoms with Crippen molar-refractivity contribution in [2.75, 3.05) is 11.5 Å². The summed E-state index contributed by atoms with van der Waals surface area (Å²) in [6.07, 6.45) is 2.20. The molecule has 0 aliphatic carbocycles. The zero-order valence-electron chi connectivity index (χ0n) is 18.7. The summed E-state index contributed by atoms with van der Waals surface area (Å²) >= 11 is 1.06. The highest BCUT2D eigenvalue weighted by atomic mass is 32.2. The van der Waals surface area contributed by atoms with Gasteiger partial charge in [-0.05, 0) is 18.6 Å². The van der Waals surface area contributed by atoms with Crippen LogP contribution in [0.25, 0.3) is 16.7 Å². The van der Waals surface area contributed by atoms with Gasteiger partial charge in [0.25, 0.3) is 11.1 Å². The van der Waals surface area contributed by atoms with Crippen molar-refractivity contribution in [2.45, 2.75) is 31.6 Å². The number of nitrogen functional groups attached to an aromatic ring is 1. The van der Waals surface area contributed by atoms with E-state index in [1.165, 1.54) is 16.2 Å². The standard InChI is InChI=1S/C22H23N7O4S/c1-4-10-27-17(23)16(19(32)26(3)22(27)33)15(30)12-34-21-25-24-20-28(11-5-2)18(31)13-8-6-7-9-14(13)29(20)21/h5-9H,2,4,10-12,23H2,1,3H3. The van der Waals surface area contributed by atoms with Crippen LogP contribution in [0.3, 0.4) is 0 Å². The van der Waals surface area contributed by atoms with Gasteiger partial charge >= 0.3 is 5.69 Å². The third-order valence-corrected chi connectivity index (χ3v) is 6.36.